The molecule has 47 heavy (non-hydrogen) atoms. The van der Waals surface area contributed by atoms with Crippen molar-refractivity contribution < 1.29 is 32.4 Å². The lowest BCUT2D eigenvalue weighted by atomic mass is 9.78. The van der Waals surface area contributed by atoms with Crippen LogP contribution in [-0.2, 0) is 29.0 Å². The van der Waals surface area contributed by atoms with Crippen LogP contribution in [0.3, 0.4) is 0 Å². The summed E-state index contributed by atoms with van der Waals surface area (Å²) < 4.78 is 25.4. The molecule has 1 unspecified atom stereocenters. The molecule has 2 heterocycles. The zero-order chi connectivity index (χ0) is 34.7. The van der Waals surface area contributed by atoms with Crippen molar-refractivity contribution >= 4 is 39.4 Å². The first-order valence-corrected chi connectivity index (χ1v) is 19.5. The fourth-order valence-corrected chi connectivity index (χ4v) is 9.24. The second-order valence-electron chi connectivity index (χ2n) is 15.8. The van der Waals surface area contributed by atoms with Crippen molar-refractivity contribution in [3.05, 3.63) is 0 Å². The summed E-state index contributed by atoms with van der Waals surface area (Å²) in [5.41, 5.74) is -1.61. The molecule has 5 atom stereocenters. The number of carbonyl (C=O) groups excluding carboxylic acids is 5. The molecule has 2 saturated carbocycles. The van der Waals surface area contributed by atoms with E-state index >= 15 is 0 Å². The molecule has 4 rings (SSSR count). The Hall–Kier alpha value is -2.70. The third-order valence-electron chi connectivity index (χ3n) is 10.7. The lowest BCUT2D eigenvalue weighted by Crippen LogP contribution is -2.67. The summed E-state index contributed by atoms with van der Waals surface area (Å²) in [6.07, 6.45) is 8.07. The first kappa shape index (κ1) is 37.1. The maximum Gasteiger partial charge on any atom is 0.315 e. The lowest BCUT2D eigenvalue weighted by Gasteiger charge is -2.47. The van der Waals surface area contributed by atoms with Gasteiger partial charge in [-0.1, -0.05) is 73.6 Å². The van der Waals surface area contributed by atoms with E-state index in [1.54, 1.807) is 0 Å². The van der Waals surface area contributed by atoms with Crippen LogP contribution in [0, 0.1) is 17.3 Å². The Balaban J connectivity index is 1.53. The fraction of sp³-hybridized carbons (Fsp3) is 0.853. The van der Waals surface area contributed by atoms with Crippen molar-refractivity contribution in [1.82, 2.24) is 26.2 Å². The van der Waals surface area contributed by atoms with Gasteiger partial charge in [0.05, 0.1) is 22.6 Å². The van der Waals surface area contributed by atoms with Crippen LogP contribution in [-0.4, -0.2) is 90.1 Å². The van der Waals surface area contributed by atoms with Crippen molar-refractivity contribution in [1.29, 1.82) is 0 Å². The van der Waals surface area contributed by atoms with Crippen molar-refractivity contribution in [3.8, 4) is 0 Å². The molecule has 0 aromatic carbocycles. The Bertz CT molecular complexity index is 1300. The summed E-state index contributed by atoms with van der Waals surface area (Å²) in [7, 11) is -3.29. The lowest BCUT2D eigenvalue weighted by molar-refractivity contribution is -0.144. The first-order chi connectivity index (χ1) is 22.0. The zero-order valence-electron chi connectivity index (χ0n) is 29.2. The van der Waals surface area contributed by atoms with Gasteiger partial charge in [-0.15, -0.1) is 0 Å². The molecule has 0 bridgehead atoms. The van der Waals surface area contributed by atoms with E-state index < -0.39 is 73.7 Å². The van der Waals surface area contributed by atoms with Crippen LogP contribution < -0.4 is 21.3 Å². The van der Waals surface area contributed by atoms with Gasteiger partial charge in [0.25, 0.3) is 5.91 Å². The molecule has 266 valence electrons. The number of likely N-dealkylation sites (tertiary alicyclic amines) is 1. The maximum absolute atomic E-state index is 14.4. The van der Waals surface area contributed by atoms with Gasteiger partial charge >= 0.3 is 6.03 Å². The number of nitrogens with one attached hydrogen (secondary N) is 4. The van der Waals surface area contributed by atoms with Crippen LogP contribution in [0.4, 0.5) is 4.79 Å². The van der Waals surface area contributed by atoms with Crippen molar-refractivity contribution in [2.75, 3.05) is 12.3 Å². The number of unbranched alkanes of at least 4 members (excludes halogenated alkanes) is 1. The summed E-state index contributed by atoms with van der Waals surface area (Å²) >= 11 is 0. The van der Waals surface area contributed by atoms with E-state index in [9.17, 15) is 32.4 Å². The maximum atomic E-state index is 14.4. The van der Waals surface area contributed by atoms with Crippen LogP contribution >= 0.6 is 0 Å². The van der Waals surface area contributed by atoms with E-state index in [0.29, 0.717) is 45.1 Å². The smallest absolute Gasteiger partial charge is 0.315 e. The van der Waals surface area contributed by atoms with Crippen LogP contribution in [0.25, 0.3) is 0 Å². The second-order valence-corrected chi connectivity index (χ2v) is 18.1. The normalized spacial score (nSPS) is 26.4. The van der Waals surface area contributed by atoms with Gasteiger partial charge < -0.3 is 26.2 Å². The fourth-order valence-electron chi connectivity index (χ4n) is 7.40. The Kier molecular flexibility index (Phi) is 11.7. The number of hydrogen-bond acceptors (Lipinski definition) is 7. The van der Waals surface area contributed by atoms with Gasteiger partial charge in [0.2, 0.25) is 17.6 Å². The van der Waals surface area contributed by atoms with E-state index in [2.05, 4.69) is 21.3 Å². The minimum atomic E-state index is -3.29. The van der Waals surface area contributed by atoms with Gasteiger partial charge in [-0.25, -0.2) is 13.2 Å². The quantitative estimate of drug-likeness (QED) is 0.217. The number of rotatable bonds is 13. The minimum Gasteiger partial charge on any atom is -0.347 e. The van der Waals surface area contributed by atoms with Gasteiger partial charge in [-0.3, -0.25) is 19.2 Å². The molecule has 0 aromatic rings. The highest BCUT2D eigenvalue weighted by atomic mass is 32.2. The molecular weight excluding hydrogens is 622 g/mol. The predicted molar refractivity (Wildman–Crippen MR) is 179 cm³/mol. The average molecular weight is 680 g/mol. The first-order valence-electron chi connectivity index (χ1n) is 17.7. The SMILES string of the molecule is CCCCC(NC(=O)[C@@H]1C[C@@H](C(C)C)CN1C(=O)[C@@H](NC(=O)NC1([C@@H]2CCS2(=O)=O)CCCCC1)C(C)(C)C)C(=O)C(=O)NC1CC1. The summed E-state index contributed by atoms with van der Waals surface area (Å²) in [4.78, 5) is 69.2. The van der Waals surface area contributed by atoms with E-state index in [4.69, 9.17) is 0 Å². The third-order valence-corrected chi connectivity index (χ3v) is 13.0. The third kappa shape index (κ3) is 8.86. The number of sulfone groups is 1. The molecule has 0 spiro atoms. The molecule has 4 aliphatic rings. The molecule has 0 aromatic heterocycles. The summed E-state index contributed by atoms with van der Waals surface area (Å²) in [5, 5.41) is 10.8. The monoisotopic (exact) mass is 679 g/mol. The topological polar surface area (TPSA) is 171 Å². The molecule has 13 heteroatoms. The molecule has 4 N–H and O–H groups in total. The van der Waals surface area contributed by atoms with Crippen molar-refractivity contribution in [3.63, 3.8) is 0 Å². The van der Waals surface area contributed by atoms with Crippen molar-refractivity contribution in [2.45, 2.75) is 154 Å². The standard InChI is InChI=1S/C34H57N5O7S/c1-7-8-12-24(27(40)30(42)35-23-13-14-23)36-29(41)25-19-22(21(2)3)20-39(25)31(43)28(33(4,5)6)37-32(44)38-34(16-10-9-11-17-34)26-15-18-47(26,45)46/h21-26,28H,7-20H2,1-6H3,(H,35,42)(H,36,41)(H2,37,38,44)/t22-,24?,25+,26+,28-/m1/s1. The van der Waals surface area contributed by atoms with Crippen LogP contribution in [0.5, 0.6) is 0 Å². The van der Waals surface area contributed by atoms with Gasteiger partial charge in [0.15, 0.2) is 9.84 Å². The molecular formula is C34H57N5O7S. The number of amides is 5. The molecule has 2 aliphatic carbocycles. The molecule has 4 fully saturated rings. The van der Waals surface area contributed by atoms with Gasteiger partial charge in [-0.2, -0.15) is 0 Å². The number of urea groups is 1. The largest absolute Gasteiger partial charge is 0.347 e. The second kappa shape index (κ2) is 14.8. The Morgan fingerprint density at radius 3 is 2.13 bits per heavy atom. The van der Waals surface area contributed by atoms with E-state index in [-0.39, 0.29) is 23.6 Å². The molecule has 2 aliphatic heterocycles. The molecule has 0 radical (unpaired) electrons. The highest BCUT2D eigenvalue weighted by molar-refractivity contribution is 7.93. The molecule has 5 amide bonds. The highest BCUT2D eigenvalue weighted by Gasteiger charge is 2.53. The molecule has 2 saturated heterocycles. The number of hydrogen-bond donors (Lipinski definition) is 4. The number of Topliss-reactive ketones (excluding diaryl/α,β-unsaturated/α-hetero) is 1. The minimum absolute atomic E-state index is 0.00821. The van der Waals surface area contributed by atoms with Gasteiger partial charge in [0.1, 0.15) is 12.1 Å². The number of ketones is 1. The Morgan fingerprint density at radius 1 is 0.957 bits per heavy atom. The Morgan fingerprint density at radius 2 is 1.62 bits per heavy atom. The zero-order valence-corrected chi connectivity index (χ0v) is 30.0. The van der Waals surface area contributed by atoms with E-state index in [1.807, 2.05) is 41.5 Å². The van der Waals surface area contributed by atoms with Crippen LogP contribution in [0.15, 0.2) is 0 Å². The molecule has 12 nitrogen and oxygen atoms in total. The number of carbonyl (C=O) groups is 5. The number of nitrogens with zero attached hydrogens (tertiary/aromatic N) is 1. The van der Waals surface area contributed by atoms with E-state index in [0.717, 1.165) is 38.5 Å². The highest BCUT2D eigenvalue weighted by Crippen LogP contribution is 2.41. The van der Waals surface area contributed by atoms with Gasteiger partial charge in [0, 0.05) is 12.6 Å². The summed E-state index contributed by atoms with van der Waals surface area (Å²) in [6, 6.07) is -3.46. The van der Waals surface area contributed by atoms with Gasteiger partial charge in [-0.05, 0) is 62.2 Å². The van der Waals surface area contributed by atoms with E-state index in [1.165, 1.54) is 4.90 Å². The van der Waals surface area contributed by atoms with Crippen molar-refractivity contribution in [2.24, 2.45) is 17.3 Å². The van der Waals surface area contributed by atoms with Crippen LogP contribution in [0.1, 0.15) is 119 Å². The predicted octanol–water partition coefficient (Wildman–Crippen LogP) is 2.99. The summed E-state index contributed by atoms with van der Waals surface area (Å²) in [6.45, 7) is 11.9. The van der Waals surface area contributed by atoms with Crippen LogP contribution in [0.2, 0.25) is 0 Å². The average Bonchev–Trinajstić information content (AvgIpc) is 3.68. The summed E-state index contributed by atoms with van der Waals surface area (Å²) in [5.74, 6) is -1.95. The Labute approximate surface area is 280 Å².